The van der Waals surface area contributed by atoms with Crippen LogP contribution in [0.4, 0.5) is 13.9 Å². The fourth-order valence-corrected chi connectivity index (χ4v) is 2.87. The highest BCUT2D eigenvalue weighted by atomic mass is 32.1. The van der Waals surface area contributed by atoms with Gasteiger partial charge in [0.25, 0.3) is 5.91 Å². The molecule has 0 atom stereocenters. The van der Waals surface area contributed by atoms with Crippen LogP contribution < -0.4 is 10.6 Å². The maximum Gasteiger partial charge on any atom is 0.251 e. The molecule has 0 aliphatic carbocycles. The van der Waals surface area contributed by atoms with Crippen molar-refractivity contribution in [2.24, 2.45) is 0 Å². The van der Waals surface area contributed by atoms with E-state index in [4.69, 9.17) is 0 Å². The Morgan fingerprint density at radius 2 is 1.88 bits per heavy atom. The van der Waals surface area contributed by atoms with Crippen LogP contribution in [-0.4, -0.2) is 23.3 Å². The molecule has 2 aromatic carbocycles. The summed E-state index contributed by atoms with van der Waals surface area (Å²) in [5.74, 6) is -3.31. The Balaban J connectivity index is 1.58. The van der Waals surface area contributed by atoms with Gasteiger partial charge in [-0.1, -0.05) is 23.5 Å². The molecule has 0 fully saturated rings. The summed E-state index contributed by atoms with van der Waals surface area (Å²) in [6.45, 7) is -0.312. The minimum atomic E-state index is -1.12. The third-order valence-corrected chi connectivity index (χ3v) is 4.08. The van der Waals surface area contributed by atoms with Gasteiger partial charge < -0.3 is 10.6 Å². The highest BCUT2D eigenvalue weighted by molar-refractivity contribution is 7.22. The number of rotatable bonds is 4. The van der Waals surface area contributed by atoms with Gasteiger partial charge in [-0.05, 0) is 30.3 Å². The van der Waals surface area contributed by atoms with Crippen LogP contribution in [0.1, 0.15) is 10.4 Å². The second-order valence-electron chi connectivity index (χ2n) is 4.85. The number of anilines is 1. The van der Waals surface area contributed by atoms with E-state index in [-0.39, 0.29) is 12.1 Å². The molecule has 0 aliphatic rings. The largest absolute Gasteiger partial charge is 0.343 e. The van der Waals surface area contributed by atoms with Crippen LogP contribution in [0.3, 0.4) is 0 Å². The first-order chi connectivity index (χ1) is 11.5. The number of carbonyl (C=O) groups excluding carboxylic acids is 2. The summed E-state index contributed by atoms with van der Waals surface area (Å²) in [5, 5.41) is 5.33. The number of benzene rings is 2. The number of nitrogens with zero attached hydrogens (tertiary/aromatic N) is 1. The van der Waals surface area contributed by atoms with Gasteiger partial charge in [-0.3, -0.25) is 9.59 Å². The number of para-hydroxylation sites is 1. The van der Waals surface area contributed by atoms with Gasteiger partial charge in [0.15, 0.2) is 16.8 Å². The number of amides is 2. The van der Waals surface area contributed by atoms with Gasteiger partial charge in [0.1, 0.15) is 0 Å². The van der Waals surface area contributed by atoms with Crippen molar-refractivity contribution in [1.29, 1.82) is 0 Å². The Labute approximate surface area is 139 Å². The maximum atomic E-state index is 13.1. The van der Waals surface area contributed by atoms with E-state index in [0.717, 1.165) is 28.4 Å². The first kappa shape index (κ1) is 16.0. The molecule has 0 saturated carbocycles. The van der Waals surface area contributed by atoms with Gasteiger partial charge in [-0.2, -0.15) is 0 Å². The number of carbonyl (C=O) groups is 2. The zero-order valence-corrected chi connectivity index (χ0v) is 13.0. The summed E-state index contributed by atoms with van der Waals surface area (Å²) >= 11 is 1.31. The van der Waals surface area contributed by atoms with E-state index in [2.05, 4.69) is 15.6 Å². The van der Waals surface area contributed by atoms with E-state index in [0.29, 0.717) is 5.13 Å². The van der Waals surface area contributed by atoms with Crippen LogP contribution in [-0.2, 0) is 4.79 Å². The molecule has 1 aromatic heterocycles. The Kier molecular flexibility index (Phi) is 4.48. The van der Waals surface area contributed by atoms with E-state index in [1.807, 2.05) is 24.3 Å². The number of hydrogen-bond acceptors (Lipinski definition) is 4. The molecule has 0 bridgehead atoms. The molecule has 1 heterocycles. The number of fused-ring (bicyclic) bond motifs is 1. The van der Waals surface area contributed by atoms with E-state index < -0.39 is 23.4 Å². The topological polar surface area (TPSA) is 71.1 Å². The average Bonchev–Trinajstić information content (AvgIpc) is 2.97. The molecule has 3 aromatic rings. The molecule has 122 valence electrons. The van der Waals surface area contributed by atoms with Crippen molar-refractivity contribution in [2.45, 2.75) is 0 Å². The molecule has 2 amide bonds. The van der Waals surface area contributed by atoms with E-state index >= 15 is 0 Å². The first-order valence-electron chi connectivity index (χ1n) is 6.91. The van der Waals surface area contributed by atoms with Crippen molar-refractivity contribution in [3.05, 3.63) is 59.7 Å². The molecular formula is C16H11F2N3O2S. The van der Waals surface area contributed by atoms with E-state index in [1.54, 1.807) is 0 Å². The fraction of sp³-hybridized carbons (Fsp3) is 0.0625. The predicted octanol–water partition coefficient (Wildman–Crippen LogP) is 2.94. The van der Waals surface area contributed by atoms with Crippen molar-refractivity contribution in [1.82, 2.24) is 10.3 Å². The molecular weight excluding hydrogens is 336 g/mol. The monoisotopic (exact) mass is 347 g/mol. The van der Waals surface area contributed by atoms with Gasteiger partial charge in [0.05, 0.1) is 16.8 Å². The fourth-order valence-electron chi connectivity index (χ4n) is 1.99. The molecule has 2 N–H and O–H groups in total. The van der Waals surface area contributed by atoms with Gasteiger partial charge in [-0.25, -0.2) is 13.8 Å². The van der Waals surface area contributed by atoms with E-state index in [1.165, 1.54) is 11.3 Å². The Morgan fingerprint density at radius 1 is 1.08 bits per heavy atom. The van der Waals surface area contributed by atoms with Crippen molar-refractivity contribution >= 4 is 38.5 Å². The molecule has 0 unspecified atom stereocenters. The summed E-state index contributed by atoms with van der Waals surface area (Å²) in [5.41, 5.74) is 0.699. The zero-order chi connectivity index (χ0) is 17.1. The second kappa shape index (κ2) is 6.71. The number of hydrogen-bond donors (Lipinski definition) is 2. The molecule has 24 heavy (non-hydrogen) atoms. The highest BCUT2D eigenvalue weighted by Crippen LogP contribution is 2.25. The van der Waals surface area contributed by atoms with Gasteiger partial charge in [-0.15, -0.1) is 0 Å². The minimum Gasteiger partial charge on any atom is -0.343 e. The number of nitrogens with one attached hydrogen (secondary N) is 2. The van der Waals surface area contributed by atoms with Crippen LogP contribution in [0.25, 0.3) is 10.2 Å². The van der Waals surface area contributed by atoms with E-state index in [9.17, 15) is 18.4 Å². The molecule has 0 aliphatic heterocycles. The summed E-state index contributed by atoms with van der Waals surface area (Å²) in [4.78, 5) is 27.9. The number of aromatic nitrogens is 1. The van der Waals surface area contributed by atoms with Crippen LogP contribution in [0.5, 0.6) is 0 Å². The third-order valence-electron chi connectivity index (χ3n) is 3.13. The average molecular weight is 347 g/mol. The van der Waals surface area contributed by atoms with Gasteiger partial charge in [0.2, 0.25) is 5.91 Å². The summed E-state index contributed by atoms with van der Waals surface area (Å²) in [7, 11) is 0. The minimum absolute atomic E-state index is 0.0679. The zero-order valence-electron chi connectivity index (χ0n) is 12.2. The SMILES string of the molecule is O=C(CNC(=O)c1ccc(F)c(F)c1)Nc1nc2ccccc2s1. The molecule has 0 saturated heterocycles. The summed E-state index contributed by atoms with van der Waals surface area (Å²) in [6.07, 6.45) is 0. The summed E-state index contributed by atoms with van der Waals surface area (Å²) in [6, 6.07) is 10.2. The normalized spacial score (nSPS) is 10.6. The van der Waals surface area contributed by atoms with Crippen molar-refractivity contribution < 1.29 is 18.4 Å². The van der Waals surface area contributed by atoms with Crippen molar-refractivity contribution in [3.8, 4) is 0 Å². The lowest BCUT2D eigenvalue weighted by Crippen LogP contribution is -2.32. The molecule has 0 spiro atoms. The Hall–Kier alpha value is -2.87. The standard InChI is InChI=1S/C16H11F2N3O2S/c17-10-6-5-9(7-11(10)18)15(23)19-8-14(22)21-16-20-12-3-1-2-4-13(12)24-16/h1-7H,8H2,(H,19,23)(H,20,21,22). The Morgan fingerprint density at radius 3 is 2.62 bits per heavy atom. The first-order valence-corrected chi connectivity index (χ1v) is 7.73. The van der Waals surface area contributed by atoms with Gasteiger partial charge >= 0.3 is 0 Å². The van der Waals surface area contributed by atoms with Crippen molar-refractivity contribution in [3.63, 3.8) is 0 Å². The Bertz CT molecular complexity index is 894. The van der Waals surface area contributed by atoms with Crippen LogP contribution in [0, 0.1) is 11.6 Å². The molecule has 8 heteroatoms. The smallest absolute Gasteiger partial charge is 0.251 e. The summed E-state index contributed by atoms with van der Waals surface area (Å²) < 4.78 is 26.8. The van der Waals surface area contributed by atoms with Crippen LogP contribution in [0.2, 0.25) is 0 Å². The second-order valence-corrected chi connectivity index (χ2v) is 5.88. The van der Waals surface area contributed by atoms with Crippen molar-refractivity contribution in [2.75, 3.05) is 11.9 Å². The lowest BCUT2D eigenvalue weighted by Gasteiger charge is -2.05. The van der Waals surface area contributed by atoms with Gasteiger partial charge in [0, 0.05) is 5.56 Å². The highest BCUT2D eigenvalue weighted by Gasteiger charge is 2.12. The van der Waals surface area contributed by atoms with Crippen LogP contribution in [0.15, 0.2) is 42.5 Å². The van der Waals surface area contributed by atoms with Crippen LogP contribution >= 0.6 is 11.3 Å². The predicted molar refractivity (Wildman–Crippen MR) is 86.9 cm³/mol. The lowest BCUT2D eigenvalue weighted by atomic mass is 10.2. The molecule has 3 rings (SSSR count). The third kappa shape index (κ3) is 3.54. The number of thiazole rings is 1. The quantitative estimate of drug-likeness (QED) is 0.762. The number of halogens is 2. The lowest BCUT2D eigenvalue weighted by molar-refractivity contribution is -0.115. The molecule has 0 radical (unpaired) electrons. The molecule has 5 nitrogen and oxygen atoms in total. The maximum absolute atomic E-state index is 13.1.